The Bertz CT molecular complexity index is 1670. The Kier molecular flexibility index (Phi) is 5.78. The van der Waals surface area contributed by atoms with Gasteiger partial charge in [0.1, 0.15) is 22.9 Å². The van der Waals surface area contributed by atoms with Crippen molar-refractivity contribution >= 4 is 11.0 Å². The lowest BCUT2D eigenvalue weighted by Gasteiger charge is -2.37. The molecule has 2 aromatic heterocycles. The minimum Gasteiger partial charge on any atom is -0.244 e. The zero-order valence-electron chi connectivity index (χ0n) is 20.7. The first-order valence-electron chi connectivity index (χ1n) is 12.4. The molecule has 6 rings (SSSR count). The summed E-state index contributed by atoms with van der Waals surface area (Å²) < 4.78 is 16.9. The molecule has 38 heavy (non-hydrogen) atoms. The Morgan fingerprint density at radius 2 is 1.32 bits per heavy atom. The van der Waals surface area contributed by atoms with Gasteiger partial charge in [-0.05, 0) is 41.3 Å². The summed E-state index contributed by atoms with van der Waals surface area (Å²) in [6, 6.07) is 39.5. The third kappa shape index (κ3) is 3.58. The van der Waals surface area contributed by atoms with Crippen molar-refractivity contribution in [3.8, 4) is 17.3 Å². The first kappa shape index (κ1) is 23.3. The van der Waals surface area contributed by atoms with E-state index in [1.54, 1.807) is 18.3 Å². The zero-order chi connectivity index (χ0) is 26.1. The summed E-state index contributed by atoms with van der Waals surface area (Å²) in [6.45, 7) is 1.82. The van der Waals surface area contributed by atoms with Crippen molar-refractivity contribution in [3.05, 3.63) is 155 Å². The van der Waals surface area contributed by atoms with Gasteiger partial charge >= 0.3 is 0 Å². The quantitative estimate of drug-likeness (QED) is 0.237. The van der Waals surface area contributed by atoms with Crippen molar-refractivity contribution < 1.29 is 4.39 Å². The van der Waals surface area contributed by atoms with E-state index in [0.29, 0.717) is 27.9 Å². The standard InChI is InChI=1S/C33H23FN4/c1-23-12-11-19-28(34)31(23)32-24(21-35)20-30-29(37-32)22-36-38(30)33(25-13-5-2-6-14-25,26-15-7-3-8-16-26)27-17-9-4-10-18-27/h2-20,22H,1H3. The highest BCUT2D eigenvalue weighted by molar-refractivity contribution is 5.84. The van der Waals surface area contributed by atoms with E-state index in [9.17, 15) is 9.65 Å². The van der Waals surface area contributed by atoms with Crippen LogP contribution in [0.4, 0.5) is 4.39 Å². The van der Waals surface area contributed by atoms with E-state index >= 15 is 0 Å². The van der Waals surface area contributed by atoms with E-state index in [1.807, 2.05) is 72.3 Å². The number of benzene rings is 4. The van der Waals surface area contributed by atoms with E-state index in [4.69, 9.17) is 10.1 Å². The molecule has 4 nitrogen and oxygen atoms in total. The van der Waals surface area contributed by atoms with Crippen LogP contribution >= 0.6 is 0 Å². The van der Waals surface area contributed by atoms with Crippen molar-refractivity contribution in [1.82, 2.24) is 14.8 Å². The second kappa shape index (κ2) is 9.42. The predicted molar refractivity (Wildman–Crippen MR) is 147 cm³/mol. The number of rotatable bonds is 5. The molecule has 0 aliphatic carbocycles. The van der Waals surface area contributed by atoms with E-state index in [-0.39, 0.29) is 5.56 Å². The van der Waals surface area contributed by atoms with Crippen LogP contribution in [-0.4, -0.2) is 14.8 Å². The fraction of sp³-hybridized carbons (Fsp3) is 0.0606. The topological polar surface area (TPSA) is 54.5 Å². The number of nitrogens with zero attached hydrogens (tertiary/aromatic N) is 4. The first-order chi connectivity index (χ1) is 18.6. The summed E-state index contributed by atoms with van der Waals surface area (Å²) in [5.74, 6) is -0.409. The van der Waals surface area contributed by atoms with Gasteiger partial charge in [0.2, 0.25) is 0 Å². The SMILES string of the molecule is Cc1cccc(F)c1-c1nc2cnn(C(c3ccccc3)(c3ccccc3)c3ccccc3)c2cc1C#N. The number of pyridine rings is 1. The highest BCUT2D eigenvalue weighted by atomic mass is 19.1. The normalized spacial score (nSPS) is 11.4. The zero-order valence-corrected chi connectivity index (χ0v) is 20.7. The van der Waals surface area contributed by atoms with Gasteiger partial charge in [0.15, 0.2) is 0 Å². The van der Waals surface area contributed by atoms with E-state index in [0.717, 1.165) is 16.7 Å². The molecule has 0 aliphatic rings. The molecule has 0 bridgehead atoms. The molecule has 0 N–H and O–H groups in total. The third-order valence-electron chi connectivity index (χ3n) is 7.03. The van der Waals surface area contributed by atoms with Crippen molar-refractivity contribution in [1.29, 1.82) is 5.26 Å². The molecule has 0 fully saturated rings. The lowest BCUT2D eigenvalue weighted by Crippen LogP contribution is -2.38. The molecular formula is C33H23FN4. The molecule has 4 aromatic carbocycles. The van der Waals surface area contributed by atoms with Gasteiger partial charge in [-0.1, -0.05) is 103 Å². The summed E-state index contributed by atoms with van der Waals surface area (Å²) in [4.78, 5) is 4.81. The second-order valence-corrected chi connectivity index (χ2v) is 9.20. The van der Waals surface area contributed by atoms with Gasteiger partial charge in [0.05, 0.1) is 23.0 Å². The number of halogens is 1. The van der Waals surface area contributed by atoms with Gasteiger partial charge < -0.3 is 0 Å². The lowest BCUT2D eigenvalue weighted by molar-refractivity contribution is 0.476. The number of hydrogen-bond donors (Lipinski definition) is 0. The highest BCUT2D eigenvalue weighted by Crippen LogP contribution is 2.42. The second-order valence-electron chi connectivity index (χ2n) is 9.20. The monoisotopic (exact) mass is 494 g/mol. The maximum Gasteiger partial charge on any atom is 0.138 e. The minimum atomic E-state index is -0.852. The Morgan fingerprint density at radius 1 is 0.763 bits per heavy atom. The summed E-state index contributed by atoms with van der Waals surface area (Å²) >= 11 is 0. The molecule has 0 amide bonds. The van der Waals surface area contributed by atoms with Gasteiger partial charge in [-0.2, -0.15) is 10.4 Å². The lowest BCUT2D eigenvalue weighted by atomic mass is 9.77. The number of fused-ring (bicyclic) bond motifs is 1. The van der Waals surface area contributed by atoms with Crippen LogP contribution in [0.2, 0.25) is 0 Å². The van der Waals surface area contributed by atoms with E-state index in [1.165, 1.54) is 6.07 Å². The minimum absolute atomic E-state index is 0.288. The molecule has 6 aromatic rings. The molecule has 182 valence electrons. The molecule has 0 aliphatic heterocycles. The van der Waals surface area contributed by atoms with Crippen LogP contribution in [0.5, 0.6) is 0 Å². The van der Waals surface area contributed by atoms with Crippen molar-refractivity contribution in [2.45, 2.75) is 12.5 Å². The summed E-state index contributed by atoms with van der Waals surface area (Å²) in [5.41, 5.74) is 5.09. The van der Waals surface area contributed by atoms with Gasteiger partial charge in [-0.15, -0.1) is 0 Å². The Balaban J connectivity index is 1.72. The summed E-state index contributed by atoms with van der Waals surface area (Å²) in [7, 11) is 0. The van der Waals surface area contributed by atoms with E-state index < -0.39 is 11.4 Å². The average molecular weight is 495 g/mol. The van der Waals surface area contributed by atoms with E-state index in [2.05, 4.69) is 42.5 Å². The van der Waals surface area contributed by atoms with Gasteiger partial charge in [0.25, 0.3) is 0 Å². The average Bonchev–Trinajstić information content (AvgIpc) is 3.38. The van der Waals surface area contributed by atoms with Crippen LogP contribution in [-0.2, 0) is 5.54 Å². The molecule has 0 saturated heterocycles. The molecule has 0 atom stereocenters. The molecule has 0 radical (unpaired) electrons. The molecule has 0 saturated carbocycles. The van der Waals surface area contributed by atoms with Gasteiger partial charge in [0, 0.05) is 5.56 Å². The van der Waals surface area contributed by atoms with Gasteiger partial charge in [-0.3, -0.25) is 0 Å². The molecule has 5 heteroatoms. The van der Waals surface area contributed by atoms with Crippen molar-refractivity contribution in [3.63, 3.8) is 0 Å². The smallest absolute Gasteiger partial charge is 0.138 e. The first-order valence-corrected chi connectivity index (χ1v) is 12.4. The summed E-state index contributed by atoms with van der Waals surface area (Å²) in [5, 5.41) is 15.1. The van der Waals surface area contributed by atoms with Crippen LogP contribution in [0.1, 0.15) is 27.8 Å². The fourth-order valence-electron chi connectivity index (χ4n) is 5.34. The predicted octanol–water partition coefficient (Wildman–Crippen LogP) is 7.26. The Morgan fingerprint density at radius 3 is 1.82 bits per heavy atom. The van der Waals surface area contributed by atoms with Crippen molar-refractivity contribution in [2.75, 3.05) is 0 Å². The molecular weight excluding hydrogens is 471 g/mol. The fourth-order valence-corrected chi connectivity index (χ4v) is 5.34. The number of aromatic nitrogens is 3. The van der Waals surface area contributed by atoms with Crippen LogP contribution in [0.3, 0.4) is 0 Å². The molecule has 0 spiro atoms. The third-order valence-corrected chi connectivity index (χ3v) is 7.03. The molecule has 2 heterocycles. The number of nitriles is 1. The number of aryl methyl sites for hydroxylation is 1. The molecule has 0 unspecified atom stereocenters. The number of hydrogen-bond acceptors (Lipinski definition) is 3. The Labute approximate surface area is 220 Å². The van der Waals surface area contributed by atoms with Crippen molar-refractivity contribution in [2.24, 2.45) is 0 Å². The summed E-state index contributed by atoms with van der Waals surface area (Å²) in [6.07, 6.45) is 1.69. The largest absolute Gasteiger partial charge is 0.244 e. The maximum atomic E-state index is 14.9. The van der Waals surface area contributed by atoms with Crippen LogP contribution in [0, 0.1) is 24.1 Å². The van der Waals surface area contributed by atoms with Gasteiger partial charge in [-0.25, -0.2) is 14.1 Å². The van der Waals surface area contributed by atoms with Crippen LogP contribution in [0.15, 0.2) is 121 Å². The maximum absolute atomic E-state index is 14.9. The highest BCUT2D eigenvalue weighted by Gasteiger charge is 2.40. The van der Waals surface area contributed by atoms with Crippen LogP contribution < -0.4 is 0 Å². The van der Waals surface area contributed by atoms with Crippen LogP contribution in [0.25, 0.3) is 22.3 Å². The Hall–Kier alpha value is -5.08.